The SMILES string of the molecule is CN1CCN(c2cc(-c3[nH]c4nccc(Cl)c4c3-c3ccc4c(c3)N(C)CCO4)ccn2)CC1. The van der Waals surface area contributed by atoms with Crippen molar-refractivity contribution in [2.45, 2.75) is 0 Å². The minimum absolute atomic E-state index is 0.679. The minimum atomic E-state index is 0.679. The molecule has 0 spiro atoms. The average Bonchev–Trinajstić information content (AvgIpc) is 3.26. The van der Waals surface area contributed by atoms with Crippen LogP contribution in [-0.2, 0) is 0 Å². The molecule has 0 radical (unpaired) electrons. The zero-order chi connectivity index (χ0) is 23.2. The first-order valence-corrected chi connectivity index (χ1v) is 12.0. The molecule has 174 valence electrons. The third-order valence-electron chi connectivity index (χ3n) is 6.85. The van der Waals surface area contributed by atoms with E-state index < -0.39 is 0 Å². The van der Waals surface area contributed by atoms with Crippen LogP contribution in [0, 0.1) is 0 Å². The lowest BCUT2D eigenvalue weighted by Crippen LogP contribution is -2.44. The van der Waals surface area contributed by atoms with E-state index in [1.54, 1.807) is 6.20 Å². The number of fused-ring (bicyclic) bond motifs is 2. The molecule has 5 heterocycles. The first-order chi connectivity index (χ1) is 16.6. The number of nitrogens with one attached hydrogen (secondary N) is 1. The van der Waals surface area contributed by atoms with Gasteiger partial charge in [-0.3, -0.25) is 0 Å². The number of halogens is 1. The van der Waals surface area contributed by atoms with Gasteiger partial charge < -0.3 is 24.4 Å². The van der Waals surface area contributed by atoms with Gasteiger partial charge in [0.05, 0.1) is 22.9 Å². The number of aromatic amines is 1. The molecule has 1 fully saturated rings. The largest absolute Gasteiger partial charge is 0.490 e. The molecule has 0 unspecified atom stereocenters. The number of hydrogen-bond donors (Lipinski definition) is 1. The van der Waals surface area contributed by atoms with Gasteiger partial charge in [0.2, 0.25) is 0 Å². The molecule has 7 nitrogen and oxygen atoms in total. The maximum Gasteiger partial charge on any atom is 0.142 e. The molecular formula is C26H27ClN6O. The molecule has 0 atom stereocenters. The smallest absolute Gasteiger partial charge is 0.142 e. The van der Waals surface area contributed by atoms with Crippen molar-refractivity contribution in [3.05, 3.63) is 53.8 Å². The zero-order valence-electron chi connectivity index (χ0n) is 19.4. The van der Waals surface area contributed by atoms with Crippen LogP contribution in [0.15, 0.2) is 48.8 Å². The molecule has 1 saturated heterocycles. The first-order valence-electron chi connectivity index (χ1n) is 11.6. The fraction of sp³-hybridized carbons (Fsp3) is 0.308. The number of ether oxygens (including phenoxy) is 1. The Hall–Kier alpha value is -3.29. The summed E-state index contributed by atoms with van der Waals surface area (Å²) in [5.74, 6) is 1.90. The number of aromatic nitrogens is 3. The van der Waals surface area contributed by atoms with Crippen LogP contribution in [0.1, 0.15) is 0 Å². The Morgan fingerprint density at radius 1 is 0.912 bits per heavy atom. The fourth-order valence-electron chi connectivity index (χ4n) is 4.87. The van der Waals surface area contributed by atoms with Gasteiger partial charge in [-0.2, -0.15) is 0 Å². The van der Waals surface area contributed by atoms with Gasteiger partial charge in [-0.15, -0.1) is 0 Å². The third kappa shape index (κ3) is 3.65. The summed E-state index contributed by atoms with van der Waals surface area (Å²) in [5.41, 5.74) is 6.04. The number of anilines is 2. The van der Waals surface area contributed by atoms with Crippen molar-refractivity contribution in [3.8, 4) is 28.1 Å². The molecule has 2 aliphatic heterocycles. The summed E-state index contributed by atoms with van der Waals surface area (Å²) in [4.78, 5) is 19.8. The van der Waals surface area contributed by atoms with Crippen LogP contribution in [0.25, 0.3) is 33.4 Å². The second-order valence-corrected chi connectivity index (χ2v) is 9.44. The number of hydrogen-bond acceptors (Lipinski definition) is 6. The molecule has 3 aromatic heterocycles. The Balaban J connectivity index is 1.51. The molecule has 2 aliphatic rings. The van der Waals surface area contributed by atoms with Gasteiger partial charge in [-0.1, -0.05) is 17.7 Å². The topological polar surface area (TPSA) is 60.5 Å². The van der Waals surface area contributed by atoms with Gasteiger partial charge in [-0.25, -0.2) is 9.97 Å². The summed E-state index contributed by atoms with van der Waals surface area (Å²) in [6.45, 7) is 5.57. The number of likely N-dealkylation sites (N-methyl/N-ethyl adjacent to an activating group) is 2. The van der Waals surface area contributed by atoms with Crippen LogP contribution in [0.2, 0.25) is 5.02 Å². The number of H-pyrrole nitrogens is 1. The van der Waals surface area contributed by atoms with E-state index in [1.165, 1.54) is 0 Å². The molecule has 0 amide bonds. The van der Waals surface area contributed by atoms with E-state index in [1.807, 2.05) is 12.3 Å². The Labute approximate surface area is 203 Å². The number of piperazine rings is 1. The molecular weight excluding hydrogens is 448 g/mol. The van der Waals surface area contributed by atoms with Crippen molar-refractivity contribution in [1.82, 2.24) is 19.9 Å². The second kappa shape index (κ2) is 8.49. The summed E-state index contributed by atoms with van der Waals surface area (Å²) in [5, 5.41) is 1.61. The first kappa shape index (κ1) is 21.3. The van der Waals surface area contributed by atoms with Gasteiger partial charge in [0.1, 0.15) is 23.8 Å². The number of nitrogens with zero attached hydrogens (tertiary/aromatic N) is 5. The molecule has 0 saturated carbocycles. The standard InChI is InChI=1S/C26H27ClN6O/c1-31-9-11-33(12-10-31)22-16-18(5-7-28-22)25-23(24-19(27)6-8-29-26(24)30-25)17-3-4-21-20(15-17)32(2)13-14-34-21/h3-8,15-16H,9-14H2,1-2H3,(H,29,30). The lowest BCUT2D eigenvalue weighted by atomic mass is 9.98. The summed E-state index contributed by atoms with van der Waals surface area (Å²) in [6.07, 6.45) is 3.63. The zero-order valence-corrected chi connectivity index (χ0v) is 20.1. The Bertz CT molecular complexity index is 1360. The van der Waals surface area contributed by atoms with Crippen LogP contribution in [-0.4, -0.2) is 73.3 Å². The average molecular weight is 475 g/mol. The van der Waals surface area contributed by atoms with E-state index >= 15 is 0 Å². The van der Waals surface area contributed by atoms with E-state index in [2.05, 4.69) is 74.1 Å². The van der Waals surface area contributed by atoms with E-state index in [0.717, 1.165) is 83.4 Å². The summed E-state index contributed by atoms with van der Waals surface area (Å²) in [6, 6.07) is 12.4. The second-order valence-electron chi connectivity index (χ2n) is 9.04. The Morgan fingerprint density at radius 3 is 2.59 bits per heavy atom. The maximum absolute atomic E-state index is 6.73. The van der Waals surface area contributed by atoms with Crippen molar-refractivity contribution < 1.29 is 4.74 Å². The maximum atomic E-state index is 6.73. The highest BCUT2D eigenvalue weighted by Gasteiger charge is 2.23. The number of rotatable bonds is 3. The summed E-state index contributed by atoms with van der Waals surface area (Å²) in [7, 11) is 4.26. The molecule has 34 heavy (non-hydrogen) atoms. The molecule has 1 aromatic carbocycles. The lowest BCUT2D eigenvalue weighted by molar-refractivity contribution is 0.311. The van der Waals surface area contributed by atoms with E-state index in [4.69, 9.17) is 16.3 Å². The third-order valence-corrected chi connectivity index (χ3v) is 7.16. The van der Waals surface area contributed by atoms with Gasteiger partial charge in [-0.05, 0) is 42.9 Å². The number of pyridine rings is 2. The van der Waals surface area contributed by atoms with Gasteiger partial charge >= 0.3 is 0 Å². The van der Waals surface area contributed by atoms with Gasteiger partial charge in [0.15, 0.2) is 0 Å². The highest BCUT2D eigenvalue weighted by atomic mass is 35.5. The molecule has 6 rings (SSSR count). The minimum Gasteiger partial charge on any atom is -0.490 e. The van der Waals surface area contributed by atoms with Gasteiger partial charge in [0.25, 0.3) is 0 Å². The fourth-order valence-corrected chi connectivity index (χ4v) is 5.11. The Morgan fingerprint density at radius 2 is 1.74 bits per heavy atom. The van der Waals surface area contributed by atoms with Crippen molar-refractivity contribution in [2.24, 2.45) is 0 Å². The van der Waals surface area contributed by atoms with Crippen molar-refractivity contribution in [3.63, 3.8) is 0 Å². The van der Waals surface area contributed by atoms with Crippen LogP contribution < -0.4 is 14.5 Å². The lowest BCUT2D eigenvalue weighted by Gasteiger charge is -2.33. The molecule has 1 N–H and O–H groups in total. The molecule has 8 heteroatoms. The van der Waals surface area contributed by atoms with Crippen LogP contribution in [0.5, 0.6) is 5.75 Å². The number of benzene rings is 1. The molecule has 0 bridgehead atoms. The van der Waals surface area contributed by atoms with E-state index in [0.29, 0.717) is 11.6 Å². The van der Waals surface area contributed by atoms with Crippen molar-refractivity contribution in [1.29, 1.82) is 0 Å². The molecule has 4 aromatic rings. The van der Waals surface area contributed by atoms with Gasteiger partial charge in [0, 0.05) is 62.1 Å². The van der Waals surface area contributed by atoms with Crippen molar-refractivity contribution in [2.75, 3.05) is 63.2 Å². The summed E-state index contributed by atoms with van der Waals surface area (Å²) < 4.78 is 5.88. The predicted octanol–water partition coefficient (Wildman–Crippen LogP) is 4.53. The molecule has 0 aliphatic carbocycles. The highest BCUT2D eigenvalue weighted by molar-refractivity contribution is 6.36. The van der Waals surface area contributed by atoms with Crippen molar-refractivity contribution >= 4 is 34.1 Å². The van der Waals surface area contributed by atoms with E-state index in [-0.39, 0.29) is 0 Å². The summed E-state index contributed by atoms with van der Waals surface area (Å²) >= 11 is 6.73. The quantitative estimate of drug-likeness (QED) is 0.471. The van der Waals surface area contributed by atoms with Crippen LogP contribution in [0.3, 0.4) is 0 Å². The van der Waals surface area contributed by atoms with Crippen LogP contribution in [0.4, 0.5) is 11.5 Å². The highest BCUT2D eigenvalue weighted by Crippen LogP contribution is 2.44. The normalized spacial score (nSPS) is 16.6. The predicted molar refractivity (Wildman–Crippen MR) is 138 cm³/mol. The Kier molecular flexibility index (Phi) is 5.31. The van der Waals surface area contributed by atoms with E-state index in [9.17, 15) is 0 Å². The monoisotopic (exact) mass is 474 g/mol. The van der Waals surface area contributed by atoms with Crippen LogP contribution >= 0.6 is 11.6 Å².